The highest BCUT2D eigenvalue weighted by Crippen LogP contribution is 2.34. The van der Waals surface area contributed by atoms with E-state index in [9.17, 15) is 14.9 Å². The number of carbonyl (C=O) groups excluding carboxylic acids is 2. The van der Waals surface area contributed by atoms with E-state index in [2.05, 4.69) is 37.0 Å². The van der Waals surface area contributed by atoms with Gasteiger partial charge < -0.3 is 15.5 Å². The lowest BCUT2D eigenvalue weighted by Gasteiger charge is -2.15. The van der Waals surface area contributed by atoms with Crippen LogP contribution in [-0.4, -0.2) is 66.7 Å². The van der Waals surface area contributed by atoms with Crippen molar-refractivity contribution in [1.29, 1.82) is 5.26 Å². The second-order valence-corrected chi connectivity index (χ2v) is 11.2. The minimum absolute atomic E-state index is 0.0147. The number of amides is 2. The predicted molar refractivity (Wildman–Crippen MR) is 146 cm³/mol. The number of anilines is 1. The zero-order chi connectivity index (χ0) is 27.1. The van der Waals surface area contributed by atoms with Gasteiger partial charge >= 0.3 is 0 Å². The monoisotopic (exact) mass is 541 g/mol. The highest BCUT2D eigenvalue weighted by Gasteiger charge is 2.34. The SMILES string of the molecule is CC(C)Nc1cc(-c2ccc3cc(C#N)cnn23)ncc1-c1nnc(C(=O)N2CC[C@@H](NC(=O)C3CC3)C2)s1. The Labute approximate surface area is 228 Å². The number of pyridine rings is 1. The second-order valence-electron chi connectivity index (χ2n) is 10.3. The molecule has 1 atom stereocenters. The van der Waals surface area contributed by atoms with Gasteiger partial charge in [-0.1, -0.05) is 11.3 Å². The number of nitriles is 1. The Morgan fingerprint density at radius 2 is 2.00 bits per heavy atom. The van der Waals surface area contributed by atoms with Crippen LogP contribution in [0, 0.1) is 17.2 Å². The maximum Gasteiger partial charge on any atom is 0.284 e. The second kappa shape index (κ2) is 10.1. The van der Waals surface area contributed by atoms with Gasteiger partial charge in [0.25, 0.3) is 5.91 Å². The Morgan fingerprint density at radius 3 is 2.77 bits per heavy atom. The van der Waals surface area contributed by atoms with Crippen molar-refractivity contribution in [2.45, 2.75) is 45.2 Å². The third-order valence-corrected chi connectivity index (χ3v) is 7.79. The number of hydrogen-bond acceptors (Lipinski definition) is 9. The molecule has 4 aromatic heterocycles. The van der Waals surface area contributed by atoms with Crippen LogP contribution in [0.25, 0.3) is 27.5 Å². The zero-order valence-corrected chi connectivity index (χ0v) is 22.4. The molecule has 1 saturated heterocycles. The van der Waals surface area contributed by atoms with Crippen molar-refractivity contribution in [1.82, 2.24) is 35.0 Å². The van der Waals surface area contributed by atoms with Gasteiger partial charge in [-0.25, -0.2) is 4.52 Å². The number of nitrogens with zero attached hydrogens (tertiary/aromatic N) is 7. The molecule has 6 rings (SSSR count). The first kappa shape index (κ1) is 24.9. The summed E-state index contributed by atoms with van der Waals surface area (Å²) in [7, 11) is 0. The van der Waals surface area contributed by atoms with Gasteiger partial charge in [0.05, 0.1) is 34.2 Å². The fraction of sp³-hybridized carbons (Fsp3) is 0.370. The molecule has 1 saturated carbocycles. The molecule has 5 heterocycles. The molecular weight excluding hydrogens is 514 g/mol. The van der Waals surface area contributed by atoms with Gasteiger partial charge in [0.15, 0.2) is 5.01 Å². The van der Waals surface area contributed by atoms with Crippen LogP contribution in [0.2, 0.25) is 0 Å². The number of rotatable bonds is 7. The van der Waals surface area contributed by atoms with E-state index in [1.807, 2.05) is 32.0 Å². The molecule has 2 aliphatic rings. The Bertz CT molecular complexity index is 1610. The summed E-state index contributed by atoms with van der Waals surface area (Å²) in [6.07, 6.45) is 5.92. The Hall–Kier alpha value is -4.37. The number of nitrogens with one attached hydrogen (secondary N) is 2. The standard InChI is InChI=1S/C27H27N9O2S/c1-15(2)31-21-10-22(23-6-5-19-9-16(11-28)12-30-36(19)23)29-13-20(21)25-33-34-26(39-25)27(38)35-8-7-18(14-35)32-24(37)17-3-4-17/h5-6,9-10,12-13,15,17-18H,3-4,7-8,14H2,1-2H3,(H,29,31)(H,32,37)/t18-/m1/s1. The van der Waals surface area contributed by atoms with Gasteiger partial charge in [0.1, 0.15) is 6.07 Å². The average Bonchev–Trinajstić information content (AvgIpc) is 3.30. The van der Waals surface area contributed by atoms with E-state index in [4.69, 9.17) is 0 Å². The van der Waals surface area contributed by atoms with E-state index in [1.165, 1.54) is 17.5 Å². The predicted octanol–water partition coefficient (Wildman–Crippen LogP) is 3.35. The summed E-state index contributed by atoms with van der Waals surface area (Å²) in [6, 6.07) is 9.77. The number of aromatic nitrogens is 5. The van der Waals surface area contributed by atoms with Crippen molar-refractivity contribution < 1.29 is 9.59 Å². The fourth-order valence-electron chi connectivity index (χ4n) is 4.73. The molecule has 198 valence electrons. The van der Waals surface area contributed by atoms with Crippen LogP contribution in [0.4, 0.5) is 5.69 Å². The number of hydrogen-bond donors (Lipinski definition) is 2. The Balaban J connectivity index is 1.24. The maximum absolute atomic E-state index is 13.2. The largest absolute Gasteiger partial charge is 0.382 e. The van der Waals surface area contributed by atoms with Crippen LogP contribution >= 0.6 is 11.3 Å². The fourth-order valence-corrected chi connectivity index (χ4v) is 5.57. The van der Waals surface area contributed by atoms with Crippen molar-refractivity contribution in [2.24, 2.45) is 5.92 Å². The molecule has 11 nitrogen and oxygen atoms in total. The lowest BCUT2D eigenvalue weighted by molar-refractivity contribution is -0.122. The van der Waals surface area contributed by atoms with Crippen LogP contribution < -0.4 is 10.6 Å². The summed E-state index contributed by atoms with van der Waals surface area (Å²) < 4.78 is 1.75. The first-order valence-electron chi connectivity index (χ1n) is 13.0. The summed E-state index contributed by atoms with van der Waals surface area (Å²) in [5.41, 5.74) is 4.36. The molecule has 0 unspecified atom stereocenters. The van der Waals surface area contributed by atoms with Crippen LogP contribution in [0.1, 0.15) is 48.5 Å². The third kappa shape index (κ3) is 5.05. The van der Waals surface area contributed by atoms with Gasteiger partial charge in [0, 0.05) is 43.0 Å². The first-order valence-corrected chi connectivity index (χ1v) is 13.8. The van der Waals surface area contributed by atoms with Gasteiger partial charge in [0.2, 0.25) is 10.9 Å². The number of fused-ring (bicyclic) bond motifs is 1. The molecule has 2 fully saturated rings. The van der Waals surface area contributed by atoms with Crippen LogP contribution in [0.3, 0.4) is 0 Å². The van der Waals surface area contributed by atoms with Gasteiger partial charge in [-0.15, -0.1) is 10.2 Å². The van der Waals surface area contributed by atoms with Crippen LogP contribution in [0.15, 0.2) is 36.7 Å². The minimum Gasteiger partial charge on any atom is -0.382 e. The Kier molecular flexibility index (Phi) is 6.44. The van der Waals surface area contributed by atoms with Crippen molar-refractivity contribution in [3.05, 3.63) is 47.2 Å². The van der Waals surface area contributed by atoms with E-state index in [-0.39, 0.29) is 29.8 Å². The van der Waals surface area contributed by atoms with Gasteiger partial charge in [-0.05, 0) is 57.4 Å². The highest BCUT2D eigenvalue weighted by molar-refractivity contribution is 7.16. The molecule has 1 aliphatic heterocycles. The summed E-state index contributed by atoms with van der Waals surface area (Å²) >= 11 is 1.23. The van der Waals surface area contributed by atoms with E-state index >= 15 is 0 Å². The quantitative estimate of drug-likeness (QED) is 0.363. The molecule has 0 aromatic carbocycles. The molecule has 2 N–H and O–H groups in total. The van der Waals surface area contributed by atoms with Gasteiger partial charge in [-0.3, -0.25) is 14.6 Å². The molecular formula is C27H27N9O2S. The first-order chi connectivity index (χ1) is 18.9. The summed E-state index contributed by atoms with van der Waals surface area (Å²) in [5, 5.41) is 29.5. The molecule has 39 heavy (non-hydrogen) atoms. The molecule has 0 spiro atoms. The maximum atomic E-state index is 13.2. The van der Waals surface area contributed by atoms with Gasteiger partial charge in [-0.2, -0.15) is 10.4 Å². The molecule has 4 aromatic rings. The van der Waals surface area contributed by atoms with Crippen molar-refractivity contribution in [2.75, 3.05) is 18.4 Å². The summed E-state index contributed by atoms with van der Waals surface area (Å²) in [4.78, 5) is 31.7. The van der Waals surface area contributed by atoms with Crippen LogP contribution in [-0.2, 0) is 4.79 Å². The zero-order valence-electron chi connectivity index (χ0n) is 21.6. The molecule has 1 aliphatic carbocycles. The summed E-state index contributed by atoms with van der Waals surface area (Å²) in [5.74, 6) is 0.0787. The molecule has 12 heteroatoms. The topological polar surface area (TPSA) is 141 Å². The third-order valence-electron chi connectivity index (χ3n) is 6.85. The normalized spacial score (nSPS) is 17.0. The average molecular weight is 542 g/mol. The van der Waals surface area contributed by atoms with Crippen LogP contribution in [0.5, 0.6) is 0 Å². The van der Waals surface area contributed by atoms with E-state index in [1.54, 1.807) is 21.7 Å². The van der Waals surface area contributed by atoms with E-state index in [0.717, 1.165) is 41.7 Å². The van der Waals surface area contributed by atoms with Crippen molar-refractivity contribution >= 4 is 34.4 Å². The lowest BCUT2D eigenvalue weighted by atomic mass is 10.1. The Morgan fingerprint density at radius 1 is 1.15 bits per heavy atom. The number of carbonyl (C=O) groups is 2. The van der Waals surface area contributed by atoms with Crippen molar-refractivity contribution in [3.8, 4) is 28.0 Å². The molecule has 2 amide bonds. The van der Waals surface area contributed by atoms with Crippen molar-refractivity contribution in [3.63, 3.8) is 0 Å². The van der Waals surface area contributed by atoms with E-state index < -0.39 is 0 Å². The highest BCUT2D eigenvalue weighted by atomic mass is 32.1. The smallest absolute Gasteiger partial charge is 0.284 e. The lowest BCUT2D eigenvalue weighted by Crippen LogP contribution is -2.39. The minimum atomic E-state index is -0.174. The molecule has 0 bridgehead atoms. The summed E-state index contributed by atoms with van der Waals surface area (Å²) in [6.45, 7) is 5.15. The van der Waals surface area contributed by atoms with E-state index in [0.29, 0.717) is 34.4 Å². The number of likely N-dealkylation sites (tertiary alicyclic amines) is 1. The molecule has 0 radical (unpaired) electrons.